The maximum atomic E-state index is 12.9. The Labute approximate surface area is 170 Å². The fourth-order valence-corrected chi connectivity index (χ4v) is 2.60. The predicted molar refractivity (Wildman–Crippen MR) is 96.8 cm³/mol. The van der Waals surface area contributed by atoms with Crippen LogP contribution in [0.1, 0.15) is 11.1 Å². The minimum Gasteiger partial charge on any atom is -0.324 e. The van der Waals surface area contributed by atoms with Crippen molar-refractivity contribution in [2.24, 2.45) is 0 Å². The SMILES string of the molecule is O=C(Cn1nc(-c2ccncc2)ccc1=O)Nc1cc(C(F)(F)F)cc(C(F)(F)F)c1. The minimum atomic E-state index is -5.06. The lowest BCUT2D eigenvalue weighted by atomic mass is 10.1. The van der Waals surface area contributed by atoms with Gasteiger partial charge in [0.15, 0.2) is 0 Å². The van der Waals surface area contributed by atoms with Crippen molar-refractivity contribution in [3.63, 3.8) is 0 Å². The lowest BCUT2D eigenvalue weighted by Crippen LogP contribution is -2.29. The number of hydrogen-bond acceptors (Lipinski definition) is 4. The molecule has 2 heterocycles. The van der Waals surface area contributed by atoms with Crippen molar-refractivity contribution in [2.75, 3.05) is 5.32 Å². The van der Waals surface area contributed by atoms with E-state index in [2.05, 4.69) is 10.1 Å². The molecule has 0 radical (unpaired) electrons. The van der Waals surface area contributed by atoms with Gasteiger partial charge in [-0.2, -0.15) is 31.4 Å². The summed E-state index contributed by atoms with van der Waals surface area (Å²) in [5.74, 6) is -1.03. The first kappa shape index (κ1) is 22.0. The normalized spacial score (nSPS) is 11.9. The zero-order valence-electron chi connectivity index (χ0n) is 15.3. The average molecular weight is 442 g/mol. The van der Waals surface area contributed by atoms with Crippen molar-refractivity contribution in [3.05, 3.63) is 76.3 Å². The molecule has 0 saturated carbocycles. The standard InChI is InChI=1S/C19H12F6N4O2/c20-18(21,22)12-7-13(19(23,24)25)9-14(8-12)27-16(30)10-29-17(31)2-1-15(28-29)11-3-5-26-6-4-11/h1-9H,10H2,(H,27,30). The number of hydrogen-bond donors (Lipinski definition) is 1. The summed E-state index contributed by atoms with van der Waals surface area (Å²) >= 11 is 0. The van der Waals surface area contributed by atoms with Gasteiger partial charge in [-0.05, 0) is 36.4 Å². The summed E-state index contributed by atoms with van der Waals surface area (Å²) in [6, 6.07) is 6.40. The van der Waals surface area contributed by atoms with Crippen LogP contribution < -0.4 is 10.9 Å². The molecule has 1 N–H and O–H groups in total. The van der Waals surface area contributed by atoms with E-state index in [1.54, 1.807) is 12.1 Å². The second kappa shape index (κ2) is 8.20. The molecule has 0 unspecified atom stereocenters. The number of nitrogens with one attached hydrogen (secondary N) is 1. The second-order valence-electron chi connectivity index (χ2n) is 6.29. The lowest BCUT2D eigenvalue weighted by molar-refractivity contribution is -0.143. The summed E-state index contributed by atoms with van der Waals surface area (Å²) in [7, 11) is 0. The van der Waals surface area contributed by atoms with Crippen LogP contribution in [-0.4, -0.2) is 20.7 Å². The van der Waals surface area contributed by atoms with Crippen molar-refractivity contribution < 1.29 is 31.1 Å². The van der Waals surface area contributed by atoms with Gasteiger partial charge in [0.05, 0.1) is 16.8 Å². The molecular formula is C19H12F6N4O2. The van der Waals surface area contributed by atoms with Gasteiger partial charge in [-0.15, -0.1) is 0 Å². The number of pyridine rings is 1. The number of carbonyl (C=O) groups excluding carboxylic acids is 1. The number of nitrogens with zero attached hydrogens (tertiary/aromatic N) is 3. The quantitative estimate of drug-likeness (QED) is 0.621. The van der Waals surface area contributed by atoms with Crippen LogP contribution in [0.2, 0.25) is 0 Å². The van der Waals surface area contributed by atoms with E-state index in [4.69, 9.17) is 0 Å². The monoisotopic (exact) mass is 442 g/mol. The van der Waals surface area contributed by atoms with Gasteiger partial charge in [0.2, 0.25) is 5.91 Å². The summed E-state index contributed by atoms with van der Waals surface area (Å²) in [6.45, 7) is -0.727. The molecule has 3 aromatic rings. The van der Waals surface area contributed by atoms with E-state index in [1.807, 2.05) is 5.32 Å². The molecule has 0 saturated heterocycles. The third-order valence-electron chi connectivity index (χ3n) is 4.01. The third-order valence-corrected chi connectivity index (χ3v) is 4.01. The molecule has 0 aliphatic rings. The Kier molecular flexibility index (Phi) is 5.82. The molecule has 0 atom stereocenters. The minimum absolute atomic E-state index is 0.0557. The number of halogens is 6. The molecule has 0 bridgehead atoms. The molecule has 31 heavy (non-hydrogen) atoms. The van der Waals surface area contributed by atoms with Crippen molar-refractivity contribution in [1.82, 2.24) is 14.8 Å². The van der Waals surface area contributed by atoms with Crippen LogP contribution in [0.25, 0.3) is 11.3 Å². The van der Waals surface area contributed by atoms with E-state index < -0.39 is 47.2 Å². The lowest BCUT2D eigenvalue weighted by Gasteiger charge is -2.15. The third kappa shape index (κ3) is 5.47. The molecule has 1 aromatic carbocycles. The van der Waals surface area contributed by atoms with Crippen LogP contribution in [0, 0.1) is 0 Å². The predicted octanol–water partition coefficient (Wildman–Crippen LogP) is 3.98. The first-order chi connectivity index (χ1) is 14.4. The van der Waals surface area contributed by atoms with Crippen LogP contribution >= 0.6 is 0 Å². The van der Waals surface area contributed by atoms with Gasteiger partial charge in [-0.25, -0.2) is 4.68 Å². The summed E-state index contributed by atoms with van der Waals surface area (Å²) in [6.07, 6.45) is -7.16. The van der Waals surface area contributed by atoms with E-state index >= 15 is 0 Å². The summed E-state index contributed by atoms with van der Waals surface area (Å²) < 4.78 is 78.4. The Hall–Kier alpha value is -3.70. The second-order valence-corrected chi connectivity index (χ2v) is 6.29. The smallest absolute Gasteiger partial charge is 0.324 e. The van der Waals surface area contributed by atoms with Crippen LogP contribution in [0.15, 0.2) is 59.7 Å². The van der Waals surface area contributed by atoms with Crippen LogP contribution in [-0.2, 0) is 23.7 Å². The zero-order valence-corrected chi connectivity index (χ0v) is 15.3. The molecule has 0 aliphatic heterocycles. The van der Waals surface area contributed by atoms with E-state index in [-0.39, 0.29) is 6.07 Å². The number of rotatable bonds is 4. The van der Waals surface area contributed by atoms with E-state index in [1.165, 1.54) is 18.5 Å². The van der Waals surface area contributed by atoms with Gasteiger partial charge in [0.25, 0.3) is 5.56 Å². The van der Waals surface area contributed by atoms with Crippen molar-refractivity contribution >= 4 is 11.6 Å². The molecule has 162 valence electrons. The molecular weight excluding hydrogens is 430 g/mol. The van der Waals surface area contributed by atoms with Crippen molar-refractivity contribution in [3.8, 4) is 11.3 Å². The molecule has 2 aromatic heterocycles. The molecule has 0 spiro atoms. The molecule has 0 aliphatic carbocycles. The fourth-order valence-electron chi connectivity index (χ4n) is 2.60. The van der Waals surface area contributed by atoms with Gasteiger partial charge >= 0.3 is 12.4 Å². The number of amides is 1. The van der Waals surface area contributed by atoms with Gasteiger partial charge in [0, 0.05) is 29.7 Å². The molecule has 1 amide bonds. The maximum Gasteiger partial charge on any atom is 0.416 e. The summed E-state index contributed by atoms with van der Waals surface area (Å²) in [4.78, 5) is 28.0. The Bertz CT molecular complexity index is 1120. The van der Waals surface area contributed by atoms with E-state index in [0.717, 1.165) is 10.7 Å². The first-order valence-corrected chi connectivity index (χ1v) is 8.51. The Morgan fingerprint density at radius 2 is 1.48 bits per heavy atom. The van der Waals surface area contributed by atoms with Crippen LogP contribution in [0.5, 0.6) is 0 Å². The summed E-state index contributed by atoms with van der Waals surface area (Å²) in [5, 5.41) is 5.95. The van der Waals surface area contributed by atoms with Crippen molar-refractivity contribution in [2.45, 2.75) is 18.9 Å². The van der Waals surface area contributed by atoms with Gasteiger partial charge in [-0.3, -0.25) is 14.6 Å². The zero-order chi connectivity index (χ0) is 22.8. The van der Waals surface area contributed by atoms with Gasteiger partial charge < -0.3 is 5.32 Å². The van der Waals surface area contributed by atoms with E-state index in [0.29, 0.717) is 23.4 Å². The Balaban J connectivity index is 1.87. The number of anilines is 1. The Morgan fingerprint density at radius 3 is 2.03 bits per heavy atom. The maximum absolute atomic E-state index is 12.9. The van der Waals surface area contributed by atoms with Crippen LogP contribution in [0.4, 0.5) is 32.0 Å². The number of aromatic nitrogens is 3. The number of alkyl halides is 6. The largest absolute Gasteiger partial charge is 0.416 e. The topological polar surface area (TPSA) is 76.9 Å². The molecule has 0 fully saturated rings. The van der Waals surface area contributed by atoms with Crippen molar-refractivity contribution in [1.29, 1.82) is 0 Å². The van der Waals surface area contributed by atoms with Gasteiger partial charge in [-0.1, -0.05) is 0 Å². The molecule has 3 rings (SSSR count). The Morgan fingerprint density at radius 1 is 0.903 bits per heavy atom. The fraction of sp³-hybridized carbons (Fsp3) is 0.158. The average Bonchev–Trinajstić information content (AvgIpc) is 2.68. The summed E-state index contributed by atoms with van der Waals surface area (Å²) in [5.41, 5.74) is -3.66. The molecule has 12 heteroatoms. The first-order valence-electron chi connectivity index (χ1n) is 8.51. The number of carbonyl (C=O) groups is 1. The molecule has 6 nitrogen and oxygen atoms in total. The highest BCUT2D eigenvalue weighted by Crippen LogP contribution is 2.37. The highest BCUT2D eigenvalue weighted by Gasteiger charge is 2.37. The van der Waals surface area contributed by atoms with E-state index in [9.17, 15) is 35.9 Å². The highest BCUT2D eigenvalue weighted by atomic mass is 19.4. The highest BCUT2D eigenvalue weighted by molar-refractivity contribution is 5.90. The van der Waals surface area contributed by atoms with Gasteiger partial charge in [0.1, 0.15) is 6.54 Å². The number of benzene rings is 1. The van der Waals surface area contributed by atoms with Crippen LogP contribution in [0.3, 0.4) is 0 Å².